The normalized spacial score (nSPS) is 18.5. The molecule has 1 fully saturated rings. The number of carbonyl (C=O) groups is 1. The molecule has 0 unspecified atom stereocenters. The third kappa shape index (κ3) is 6.68. The molecule has 0 heterocycles. The quantitative estimate of drug-likeness (QED) is 0.279. The predicted octanol–water partition coefficient (Wildman–Crippen LogP) is 6.46. The van der Waals surface area contributed by atoms with E-state index in [1.807, 2.05) is 0 Å². The number of esters is 1. The monoisotopic (exact) mass is 421 g/mol. The van der Waals surface area contributed by atoms with Gasteiger partial charge in [-0.05, 0) is 73.9 Å². The van der Waals surface area contributed by atoms with Crippen LogP contribution in [0.1, 0.15) is 61.4 Å². The first kappa shape index (κ1) is 22.6. The Kier molecular flexibility index (Phi) is 8.23. The molecule has 0 aliphatic heterocycles. The molecule has 0 N–H and O–H groups in total. The number of halogens is 1. The molecule has 0 aromatic heterocycles. The van der Waals surface area contributed by atoms with E-state index in [-0.39, 0.29) is 11.3 Å². The van der Waals surface area contributed by atoms with Crippen molar-refractivity contribution in [3.05, 3.63) is 71.6 Å². The van der Waals surface area contributed by atoms with Gasteiger partial charge in [0, 0.05) is 6.07 Å². The lowest BCUT2D eigenvalue weighted by atomic mass is 9.80. The van der Waals surface area contributed by atoms with E-state index in [0.29, 0.717) is 23.8 Å². The molecule has 3 rings (SSSR count). The maximum atomic E-state index is 13.6. The molecule has 2 aromatic carbocycles. The summed E-state index contributed by atoms with van der Waals surface area (Å²) in [5.74, 6) is 0.953. The average Bonchev–Trinajstić information content (AvgIpc) is 2.78. The fourth-order valence-corrected chi connectivity index (χ4v) is 3.97. The van der Waals surface area contributed by atoms with Crippen LogP contribution in [0.4, 0.5) is 4.39 Å². The molecule has 0 radical (unpaired) electrons. The first-order valence-corrected chi connectivity index (χ1v) is 10.9. The van der Waals surface area contributed by atoms with Gasteiger partial charge in [0.1, 0.15) is 30.0 Å². The van der Waals surface area contributed by atoms with Crippen molar-refractivity contribution < 1.29 is 18.7 Å². The van der Waals surface area contributed by atoms with Gasteiger partial charge < -0.3 is 9.47 Å². The highest BCUT2D eigenvalue weighted by Gasteiger charge is 2.18. The van der Waals surface area contributed by atoms with Crippen LogP contribution in [-0.2, 0) is 0 Å². The first-order valence-electron chi connectivity index (χ1n) is 10.9. The van der Waals surface area contributed by atoms with Crippen molar-refractivity contribution >= 4 is 5.97 Å². The summed E-state index contributed by atoms with van der Waals surface area (Å²) in [5, 5.41) is 8.75. The lowest BCUT2D eigenvalue weighted by Gasteiger charge is -2.26. The number of hydrogen-bond donors (Lipinski definition) is 0. The Morgan fingerprint density at radius 1 is 1.13 bits per heavy atom. The fraction of sp³-hybridized carbons (Fsp3) is 0.385. The number of nitriles is 1. The van der Waals surface area contributed by atoms with Crippen LogP contribution in [0.15, 0.2) is 54.6 Å². The third-order valence-electron chi connectivity index (χ3n) is 5.70. The Labute approximate surface area is 183 Å². The Morgan fingerprint density at radius 3 is 2.48 bits per heavy atom. The zero-order valence-corrected chi connectivity index (χ0v) is 17.9. The van der Waals surface area contributed by atoms with Gasteiger partial charge in [-0.1, -0.05) is 31.9 Å². The van der Waals surface area contributed by atoms with E-state index in [0.717, 1.165) is 12.0 Å². The van der Waals surface area contributed by atoms with Gasteiger partial charge >= 0.3 is 5.97 Å². The van der Waals surface area contributed by atoms with Gasteiger partial charge in [-0.3, -0.25) is 0 Å². The number of hydrogen-bond acceptors (Lipinski definition) is 4. The maximum absolute atomic E-state index is 13.6. The highest BCUT2D eigenvalue weighted by molar-refractivity contribution is 5.91. The summed E-state index contributed by atoms with van der Waals surface area (Å²) < 4.78 is 24.5. The van der Waals surface area contributed by atoms with Gasteiger partial charge in [-0.15, -0.1) is 0 Å². The van der Waals surface area contributed by atoms with Gasteiger partial charge in [-0.25, -0.2) is 9.18 Å². The number of carbonyl (C=O) groups excluding carboxylic acids is 1. The highest BCUT2D eigenvalue weighted by atomic mass is 19.1. The molecule has 0 spiro atoms. The van der Waals surface area contributed by atoms with E-state index < -0.39 is 11.8 Å². The van der Waals surface area contributed by atoms with Gasteiger partial charge in [-0.2, -0.15) is 5.26 Å². The Balaban J connectivity index is 1.44. The van der Waals surface area contributed by atoms with E-state index in [1.54, 1.807) is 30.3 Å². The van der Waals surface area contributed by atoms with E-state index in [2.05, 4.69) is 19.1 Å². The van der Waals surface area contributed by atoms with Crippen LogP contribution >= 0.6 is 0 Å². The lowest BCUT2D eigenvalue weighted by molar-refractivity contribution is 0.0734. The maximum Gasteiger partial charge on any atom is 0.343 e. The second-order valence-electron chi connectivity index (χ2n) is 7.98. The zero-order chi connectivity index (χ0) is 22.1. The van der Waals surface area contributed by atoms with Crippen LogP contribution in [-0.4, -0.2) is 12.6 Å². The molecule has 162 valence electrons. The topological polar surface area (TPSA) is 59.3 Å². The molecule has 4 nitrogen and oxygen atoms in total. The number of ether oxygens (including phenoxy) is 2. The van der Waals surface area contributed by atoms with Crippen LogP contribution in [0, 0.1) is 29.0 Å². The molecule has 0 bridgehead atoms. The van der Waals surface area contributed by atoms with E-state index >= 15 is 0 Å². The van der Waals surface area contributed by atoms with Gasteiger partial charge in [0.2, 0.25) is 0 Å². The fourth-order valence-electron chi connectivity index (χ4n) is 3.97. The van der Waals surface area contributed by atoms with E-state index in [9.17, 15) is 9.18 Å². The molecule has 2 aromatic rings. The van der Waals surface area contributed by atoms with Crippen molar-refractivity contribution in [2.45, 2.75) is 45.4 Å². The van der Waals surface area contributed by atoms with Gasteiger partial charge in [0.25, 0.3) is 0 Å². The van der Waals surface area contributed by atoms with Crippen molar-refractivity contribution in [1.82, 2.24) is 0 Å². The SMILES string of the molecule is CCC[C@H]1CC[C@H](/C=C/COc2ccc(C(=O)Oc3ccc(C#N)c(F)c3)cc2)CC1. The minimum Gasteiger partial charge on any atom is -0.490 e. The molecule has 5 heteroatoms. The summed E-state index contributed by atoms with van der Waals surface area (Å²) in [6.07, 6.45) is 12.2. The standard InChI is InChI=1S/C26H28FNO3/c1-2-4-19-6-8-20(9-7-19)5-3-16-30-23-13-10-21(11-14-23)26(29)31-24-15-12-22(18-28)25(27)17-24/h3,5,10-15,17,19-20H,2,4,6-9,16H2,1H3/b5-3+/t19-,20-. The summed E-state index contributed by atoms with van der Waals surface area (Å²) in [5.41, 5.74) is 0.232. The molecule has 31 heavy (non-hydrogen) atoms. The minimum absolute atomic E-state index is 0.0516. The van der Waals surface area contributed by atoms with E-state index in [4.69, 9.17) is 14.7 Å². The Bertz CT molecular complexity index is 938. The van der Waals surface area contributed by atoms with Crippen LogP contribution in [0.2, 0.25) is 0 Å². The largest absolute Gasteiger partial charge is 0.490 e. The molecule has 0 saturated heterocycles. The molecule has 0 amide bonds. The van der Waals surface area contributed by atoms with Crippen LogP contribution in [0.5, 0.6) is 11.5 Å². The molecule has 1 saturated carbocycles. The second kappa shape index (κ2) is 11.3. The molecular weight excluding hydrogens is 393 g/mol. The van der Waals surface area contributed by atoms with Crippen molar-refractivity contribution in [3.8, 4) is 17.6 Å². The number of rotatable bonds is 8. The van der Waals surface area contributed by atoms with Gasteiger partial charge in [0.15, 0.2) is 0 Å². The summed E-state index contributed by atoms with van der Waals surface area (Å²) in [7, 11) is 0. The van der Waals surface area contributed by atoms with Crippen LogP contribution < -0.4 is 9.47 Å². The number of allylic oxidation sites excluding steroid dienone is 1. The minimum atomic E-state index is -0.724. The summed E-state index contributed by atoms with van der Waals surface area (Å²) >= 11 is 0. The third-order valence-corrected chi connectivity index (χ3v) is 5.70. The molecule has 1 aliphatic carbocycles. The van der Waals surface area contributed by atoms with Crippen molar-refractivity contribution in [2.24, 2.45) is 11.8 Å². The molecule has 1 aliphatic rings. The van der Waals surface area contributed by atoms with Gasteiger partial charge in [0.05, 0.1) is 11.1 Å². The summed E-state index contributed by atoms with van der Waals surface area (Å²) in [4.78, 5) is 12.2. The molecular formula is C26H28FNO3. The van der Waals surface area contributed by atoms with E-state index in [1.165, 1.54) is 50.7 Å². The Morgan fingerprint density at radius 2 is 1.84 bits per heavy atom. The Hall–Kier alpha value is -3.13. The molecule has 0 atom stereocenters. The first-order chi connectivity index (χ1) is 15.1. The average molecular weight is 422 g/mol. The highest BCUT2D eigenvalue weighted by Crippen LogP contribution is 2.32. The number of benzene rings is 2. The summed E-state index contributed by atoms with van der Waals surface area (Å²) in [6.45, 7) is 2.75. The van der Waals surface area contributed by atoms with Crippen molar-refractivity contribution in [2.75, 3.05) is 6.61 Å². The van der Waals surface area contributed by atoms with Crippen LogP contribution in [0.25, 0.3) is 0 Å². The number of nitrogens with zero attached hydrogens (tertiary/aromatic N) is 1. The summed E-state index contributed by atoms with van der Waals surface area (Å²) in [6, 6.07) is 12.0. The smallest absolute Gasteiger partial charge is 0.343 e. The zero-order valence-electron chi connectivity index (χ0n) is 17.9. The van der Waals surface area contributed by atoms with Crippen molar-refractivity contribution in [3.63, 3.8) is 0 Å². The predicted molar refractivity (Wildman–Crippen MR) is 118 cm³/mol. The second-order valence-corrected chi connectivity index (χ2v) is 7.98. The lowest BCUT2D eigenvalue weighted by Crippen LogP contribution is -2.13. The van der Waals surface area contributed by atoms with Crippen LogP contribution in [0.3, 0.4) is 0 Å². The van der Waals surface area contributed by atoms with Crippen molar-refractivity contribution in [1.29, 1.82) is 5.26 Å².